The van der Waals surface area contributed by atoms with Crippen molar-refractivity contribution in [2.24, 2.45) is 11.5 Å². The first-order valence-corrected chi connectivity index (χ1v) is 7.68. The van der Waals surface area contributed by atoms with E-state index in [2.05, 4.69) is 18.4 Å². The van der Waals surface area contributed by atoms with Crippen LogP contribution in [-0.2, 0) is 11.2 Å². The predicted octanol–water partition coefficient (Wildman–Crippen LogP) is 3.52. The van der Waals surface area contributed by atoms with Gasteiger partial charge in [0.25, 0.3) is 0 Å². The van der Waals surface area contributed by atoms with Gasteiger partial charge >= 0.3 is 6.03 Å². The molecule has 1 aromatic rings. The van der Waals surface area contributed by atoms with Gasteiger partial charge in [-0.15, -0.1) is 0 Å². The second-order valence-electron chi connectivity index (χ2n) is 4.90. The van der Waals surface area contributed by atoms with Crippen molar-refractivity contribution >= 4 is 12.8 Å². The SMILES string of the molecule is C=O.CCCCCCCCCc1ccccc1O.NC(N)=O. The molecule has 0 aromatic heterocycles. The third-order valence-electron chi connectivity index (χ3n) is 3.04. The van der Waals surface area contributed by atoms with E-state index < -0.39 is 6.03 Å². The van der Waals surface area contributed by atoms with Crippen LogP contribution in [0.1, 0.15) is 57.4 Å². The van der Waals surface area contributed by atoms with Gasteiger partial charge in [-0.25, -0.2) is 4.79 Å². The number of nitrogens with two attached hydrogens (primary N) is 2. The number of unbranched alkanes of at least 4 members (excludes halogenated alkanes) is 6. The van der Waals surface area contributed by atoms with Crippen molar-refractivity contribution in [1.82, 2.24) is 0 Å². The minimum absolute atomic E-state index is 0.452. The zero-order valence-corrected chi connectivity index (χ0v) is 13.6. The van der Waals surface area contributed by atoms with Crippen molar-refractivity contribution in [1.29, 1.82) is 0 Å². The third-order valence-corrected chi connectivity index (χ3v) is 3.04. The number of hydrogen-bond acceptors (Lipinski definition) is 3. The number of hydrogen-bond donors (Lipinski definition) is 3. The minimum atomic E-state index is -0.833. The molecule has 0 bridgehead atoms. The number of carbonyl (C=O) groups excluding carboxylic acids is 2. The number of urea groups is 1. The number of carbonyl (C=O) groups is 2. The second-order valence-corrected chi connectivity index (χ2v) is 4.90. The summed E-state index contributed by atoms with van der Waals surface area (Å²) in [6.45, 7) is 4.25. The molecule has 5 heteroatoms. The topological polar surface area (TPSA) is 106 Å². The van der Waals surface area contributed by atoms with E-state index in [1.807, 2.05) is 25.0 Å². The smallest absolute Gasteiger partial charge is 0.309 e. The molecular weight excluding hydrogens is 280 g/mol. The molecule has 0 aliphatic rings. The number of amides is 2. The van der Waals surface area contributed by atoms with Gasteiger partial charge in [0.1, 0.15) is 12.5 Å². The highest BCUT2D eigenvalue weighted by atomic mass is 16.3. The van der Waals surface area contributed by atoms with Gasteiger partial charge in [0.2, 0.25) is 0 Å². The van der Waals surface area contributed by atoms with E-state index in [0.717, 1.165) is 12.0 Å². The molecule has 0 aliphatic heterocycles. The number of benzene rings is 1. The lowest BCUT2D eigenvalue weighted by Crippen LogP contribution is -2.18. The first-order valence-electron chi connectivity index (χ1n) is 7.68. The van der Waals surface area contributed by atoms with Gasteiger partial charge in [-0.1, -0.05) is 63.6 Å². The van der Waals surface area contributed by atoms with Crippen LogP contribution in [0.5, 0.6) is 5.75 Å². The Kier molecular flexibility index (Phi) is 17.2. The molecule has 0 spiro atoms. The second kappa shape index (κ2) is 17.0. The normalized spacial score (nSPS) is 8.95. The van der Waals surface area contributed by atoms with Crippen LogP contribution in [0, 0.1) is 0 Å². The van der Waals surface area contributed by atoms with E-state index in [-0.39, 0.29) is 0 Å². The highest BCUT2D eigenvalue weighted by Crippen LogP contribution is 2.18. The molecule has 1 aromatic carbocycles. The predicted molar refractivity (Wildman–Crippen MR) is 90.7 cm³/mol. The van der Waals surface area contributed by atoms with Crippen LogP contribution >= 0.6 is 0 Å². The monoisotopic (exact) mass is 310 g/mol. The number of para-hydroxylation sites is 1. The zero-order chi connectivity index (χ0) is 17.2. The van der Waals surface area contributed by atoms with Gasteiger partial charge in [-0.2, -0.15) is 0 Å². The van der Waals surface area contributed by atoms with Crippen molar-refractivity contribution in [3.63, 3.8) is 0 Å². The number of phenols is 1. The molecule has 0 radical (unpaired) electrons. The zero-order valence-electron chi connectivity index (χ0n) is 13.6. The summed E-state index contributed by atoms with van der Waals surface area (Å²) >= 11 is 0. The van der Waals surface area contributed by atoms with Crippen LogP contribution in [0.25, 0.3) is 0 Å². The lowest BCUT2D eigenvalue weighted by Gasteiger charge is -2.04. The van der Waals surface area contributed by atoms with Crippen molar-refractivity contribution in [3.8, 4) is 5.75 Å². The highest BCUT2D eigenvalue weighted by Gasteiger charge is 1.98. The van der Waals surface area contributed by atoms with Crippen LogP contribution in [0.2, 0.25) is 0 Å². The molecule has 126 valence electrons. The van der Waals surface area contributed by atoms with Crippen LogP contribution in [0.3, 0.4) is 0 Å². The fraction of sp³-hybridized carbons (Fsp3) is 0.529. The minimum Gasteiger partial charge on any atom is -0.508 e. The van der Waals surface area contributed by atoms with Crippen LogP contribution in [0.4, 0.5) is 4.79 Å². The molecule has 0 unspecified atom stereocenters. The van der Waals surface area contributed by atoms with E-state index in [1.54, 1.807) is 6.07 Å². The van der Waals surface area contributed by atoms with Gasteiger partial charge < -0.3 is 21.4 Å². The number of aromatic hydroxyl groups is 1. The Morgan fingerprint density at radius 1 is 1.00 bits per heavy atom. The van der Waals surface area contributed by atoms with Crippen molar-refractivity contribution in [2.45, 2.75) is 58.3 Å². The Morgan fingerprint density at radius 2 is 1.45 bits per heavy atom. The maximum absolute atomic E-state index is 9.58. The number of primary amides is 2. The number of phenolic OH excluding ortho intramolecular Hbond substituents is 1. The van der Waals surface area contributed by atoms with Crippen LogP contribution < -0.4 is 11.5 Å². The van der Waals surface area contributed by atoms with Gasteiger partial charge in [0.15, 0.2) is 0 Å². The van der Waals surface area contributed by atoms with Crippen LogP contribution in [-0.4, -0.2) is 17.9 Å². The van der Waals surface area contributed by atoms with Gasteiger partial charge in [-0.05, 0) is 24.5 Å². The standard InChI is InChI=1S/C15H24O.CH4N2O.CH2O/c1-2-3-4-5-6-7-8-11-14-12-9-10-13-15(14)16;2-1(3)4;1-2/h9-10,12-13,16H,2-8,11H2,1H3;(H4,2,3,4);1H2. The molecule has 0 saturated heterocycles. The third kappa shape index (κ3) is 16.0. The first kappa shape index (κ1) is 22.2. The van der Waals surface area contributed by atoms with Gasteiger partial charge in [-0.3, -0.25) is 0 Å². The summed E-state index contributed by atoms with van der Waals surface area (Å²) in [6, 6.07) is 6.84. The van der Waals surface area contributed by atoms with E-state index in [1.165, 1.54) is 44.9 Å². The molecule has 2 amide bonds. The van der Waals surface area contributed by atoms with E-state index in [4.69, 9.17) is 9.59 Å². The summed E-state index contributed by atoms with van der Waals surface area (Å²) in [5.41, 5.74) is 9.59. The van der Waals surface area contributed by atoms with E-state index >= 15 is 0 Å². The molecule has 22 heavy (non-hydrogen) atoms. The van der Waals surface area contributed by atoms with Crippen molar-refractivity contribution in [3.05, 3.63) is 29.8 Å². The molecule has 0 heterocycles. The van der Waals surface area contributed by atoms with E-state index in [9.17, 15) is 5.11 Å². The summed E-state index contributed by atoms with van der Waals surface area (Å²) < 4.78 is 0. The fourth-order valence-corrected chi connectivity index (χ4v) is 1.99. The van der Waals surface area contributed by atoms with Gasteiger partial charge in [0.05, 0.1) is 0 Å². The highest BCUT2D eigenvalue weighted by molar-refractivity contribution is 5.69. The molecule has 0 fully saturated rings. The maximum Gasteiger partial charge on any atom is 0.309 e. The Morgan fingerprint density at radius 3 is 1.95 bits per heavy atom. The molecule has 0 saturated carbocycles. The van der Waals surface area contributed by atoms with Crippen LogP contribution in [0.15, 0.2) is 24.3 Å². The molecular formula is C17H30N2O3. The number of aryl methyl sites for hydroxylation is 1. The molecule has 0 atom stereocenters. The Balaban J connectivity index is 0. The largest absolute Gasteiger partial charge is 0.508 e. The maximum atomic E-state index is 9.58. The lowest BCUT2D eigenvalue weighted by atomic mass is 10.0. The molecule has 5 N–H and O–H groups in total. The number of rotatable bonds is 8. The Labute approximate surface area is 133 Å². The summed E-state index contributed by atoms with van der Waals surface area (Å²) in [4.78, 5) is 17.0. The summed E-state index contributed by atoms with van der Waals surface area (Å²) in [6.07, 6.45) is 10.3. The summed E-state index contributed by atoms with van der Waals surface area (Å²) in [5, 5.41) is 9.58. The Hall–Kier alpha value is -2.04. The molecule has 5 nitrogen and oxygen atoms in total. The lowest BCUT2D eigenvalue weighted by molar-refractivity contribution is -0.0979. The van der Waals surface area contributed by atoms with Crippen molar-refractivity contribution in [2.75, 3.05) is 0 Å². The average Bonchev–Trinajstić information content (AvgIpc) is 2.49. The first-order chi connectivity index (χ1) is 10.6. The summed E-state index contributed by atoms with van der Waals surface area (Å²) in [5.74, 6) is 0.452. The van der Waals surface area contributed by atoms with Crippen molar-refractivity contribution < 1.29 is 14.7 Å². The Bertz CT molecular complexity index is 380. The molecule has 0 aliphatic carbocycles. The summed E-state index contributed by atoms with van der Waals surface area (Å²) in [7, 11) is 0. The average molecular weight is 310 g/mol. The van der Waals surface area contributed by atoms with Gasteiger partial charge in [0, 0.05) is 0 Å². The molecule has 1 rings (SSSR count). The van der Waals surface area contributed by atoms with E-state index in [0.29, 0.717) is 5.75 Å². The fourth-order valence-electron chi connectivity index (χ4n) is 1.99. The quantitative estimate of drug-likeness (QED) is 0.639.